The molecule has 2 saturated carbocycles. The van der Waals surface area contributed by atoms with Crippen molar-refractivity contribution < 1.29 is 9.90 Å². The Morgan fingerprint density at radius 3 is 2.67 bits per heavy atom. The van der Waals surface area contributed by atoms with Crippen LogP contribution in [0.5, 0.6) is 0 Å². The van der Waals surface area contributed by atoms with Gasteiger partial charge in [0, 0.05) is 5.92 Å². The summed E-state index contributed by atoms with van der Waals surface area (Å²) in [5.41, 5.74) is 7.14. The summed E-state index contributed by atoms with van der Waals surface area (Å²) >= 11 is 0. The van der Waals surface area contributed by atoms with E-state index >= 15 is 0 Å². The Labute approximate surface area is 124 Å². The van der Waals surface area contributed by atoms with Crippen molar-refractivity contribution in [2.75, 3.05) is 12.3 Å². The molecule has 0 aliphatic heterocycles. The minimum atomic E-state index is -0.519. The van der Waals surface area contributed by atoms with Gasteiger partial charge in [0.05, 0.1) is 23.5 Å². The highest BCUT2D eigenvalue weighted by molar-refractivity contribution is 5.98. The van der Waals surface area contributed by atoms with Crippen molar-refractivity contribution in [2.24, 2.45) is 5.92 Å². The van der Waals surface area contributed by atoms with E-state index < -0.39 is 5.54 Å². The molecule has 116 valence electrons. The zero-order chi connectivity index (χ0) is 15.0. The van der Waals surface area contributed by atoms with Gasteiger partial charge in [-0.3, -0.25) is 9.89 Å². The molecule has 0 saturated heterocycles. The summed E-state index contributed by atoms with van der Waals surface area (Å²) in [6.45, 7) is 2.17. The molecule has 0 unspecified atom stereocenters. The largest absolute Gasteiger partial charge is 0.395 e. The first-order valence-electron chi connectivity index (χ1n) is 7.82. The van der Waals surface area contributed by atoms with Crippen LogP contribution in [0.4, 0.5) is 5.69 Å². The average Bonchev–Trinajstić information content (AvgIpc) is 3.24. The second kappa shape index (κ2) is 5.33. The third-order valence-corrected chi connectivity index (χ3v) is 4.95. The van der Waals surface area contributed by atoms with E-state index in [1.807, 2.05) is 0 Å². The lowest BCUT2D eigenvalue weighted by Crippen LogP contribution is -2.53. The Kier molecular flexibility index (Phi) is 3.65. The molecule has 1 aromatic rings. The predicted molar refractivity (Wildman–Crippen MR) is 79.9 cm³/mol. The number of aliphatic hydroxyl groups excluding tert-OH is 1. The molecule has 1 amide bonds. The molecular formula is C15H24N4O2. The molecule has 1 aromatic heterocycles. The smallest absolute Gasteiger partial charge is 0.274 e. The molecule has 3 rings (SSSR count). The fourth-order valence-corrected chi connectivity index (χ4v) is 3.16. The normalized spacial score (nSPS) is 29.3. The van der Waals surface area contributed by atoms with Crippen LogP contribution in [0, 0.1) is 5.92 Å². The van der Waals surface area contributed by atoms with Gasteiger partial charge in [0.25, 0.3) is 5.91 Å². The molecule has 0 radical (unpaired) electrons. The first kappa shape index (κ1) is 14.4. The fourth-order valence-electron chi connectivity index (χ4n) is 3.16. The third kappa shape index (κ3) is 2.77. The van der Waals surface area contributed by atoms with E-state index in [1.165, 1.54) is 0 Å². The zero-order valence-corrected chi connectivity index (χ0v) is 12.5. The number of rotatable bonds is 4. The summed E-state index contributed by atoms with van der Waals surface area (Å²) in [4.78, 5) is 12.5. The Morgan fingerprint density at radius 2 is 2.10 bits per heavy atom. The molecule has 6 nitrogen and oxygen atoms in total. The first-order valence-corrected chi connectivity index (χ1v) is 7.82. The number of nitrogen functional groups attached to an aromatic ring is 1. The van der Waals surface area contributed by atoms with Crippen LogP contribution in [-0.2, 0) is 0 Å². The van der Waals surface area contributed by atoms with E-state index in [-0.39, 0.29) is 18.2 Å². The van der Waals surface area contributed by atoms with Crippen LogP contribution in [0.3, 0.4) is 0 Å². The maximum Gasteiger partial charge on any atom is 0.274 e. The van der Waals surface area contributed by atoms with Gasteiger partial charge in [-0.2, -0.15) is 5.10 Å². The Morgan fingerprint density at radius 1 is 1.43 bits per heavy atom. The quantitative estimate of drug-likeness (QED) is 0.675. The fraction of sp³-hybridized carbons (Fsp3) is 0.733. The number of aromatic amines is 1. The van der Waals surface area contributed by atoms with Crippen LogP contribution in [0.25, 0.3) is 0 Å². The lowest BCUT2D eigenvalue weighted by Gasteiger charge is -2.38. The monoisotopic (exact) mass is 292 g/mol. The minimum absolute atomic E-state index is 0.0364. The molecule has 0 bridgehead atoms. The van der Waals surface area contributed by atoms with Crippen molar-refractivity contribution in [3.63, 3.8) is 0 Å². The van der Waals surface area contributed by atoms with E-state index in [4.69, 9.17) is 5.73 Å². The number of anilines is 1. The number of hydrogen-bond donors (Lipinski definition) is 4. The SMILES string of the molecule is CC1CCC(CO)(NC(=O)c2n[nH]c(C3CC3)c2N)CC1. The summed E-state index contributed by atoms with van der Waals surface area (Å²) in [7, 11) is 0. The second-order valence-corrected chi connectivity index (χ2v) is 6.75. The molecule has 0 aromatic carbocycles. The van der Waals surface area contributed by atoms with E-state index in [0.717, 1.165) is 44.2 Å². The molecule has 1 heterocycles. The van der Waals surface area contributed by atoms with E-state index in [0.29, 0.717) is 17.5 Å². The summed E-state index contributed by atoms with van der Waals surface area (Å²) in [5.74, 6) is 0.805. The van der Waals surface area contributed by atoms with Crippen molar-refractivity contribution in [1.82, 2.24) is 15.5 Å². The molecule has 2 aliphatic carbocycles. The molecule has 0 spiro atoms. The average molecular weight is 292 g/mol. The molecule has 2 aliphatic rings. The van der Waals surface area contributed by atoms with Crippen molar-refractivity contribution in [3.05, 3.63) is 11.4 Å². The number of amides is 1. The van der Waals surface area contributed by atoms with E-state index in [1.54, 1.807) is 0 Å². The van der Waals surface area contributed by atoms with Gasteiger partial charge in [0.1, 0.15) is 0 Å². The summed E-state index contributed by atoms with van der Waals surface area (Å²) in [6.07, 6.45) is 5.85. The third-order valence-electron chi connectivity index (χ3n) is 4.95. The summed E-state index contributed by atoms with van der Waals surface area (Å²) < 4.78 is 0. The summed E-state index contributed by atoms with van der Waals surface area (Å²) in [5, 5.41) is 19.7. The van der Waals surface area contributed by atoms with Crippen LogP contribution in [0.1, 0.15) is 67.5 Å². The molecule has 5 N–H and O–H groups in total. The number of hydrogen-bond acceptors (Lipinski definition) is 4. The highest BCUT2D eigenvalue weighted by atomic mass is 16.3. The van der Waals surface area contributed by atoms with Gasteiger partial charge in [0.2, 0.25) is 0 Å². The highest BCUT2D eigenvalue weighted by Gasteiger charge is 2.37. The van der Waals surface area contributed by atoms with Crippen LogP contribution in [-0.4, -0.2) is 33.4 Å². The van der Waals surface area contributed by atoms with Gasteiger partial charge < -0.3 is 16.2 Å². The lowest BCUT2D eigenvalue weighted by molar-refractivity contribution is 0.0713. The van der Waals surface area contributed by atoms with E-state index in [9.17, 15) is 9.90 Å². The van der Waals surface area contributed by atoms with Gasteiger partial charge in [0.15, 0.2) is 5.69 Å². The number of aromatic nitrogens is 2. The van der Waals surface area contributed by atoms with Gasteiger partial charge in [-0.25, -0.2) is 0 Å². The van der Waals surface area contributed by atoms with Crippen molar-refractivity contribution in [1.29, 1.82) is 0 Å². The zero-order valence-electron chi connectivity index (χ0n) is 12.5. The minimum Gasteiger partial charge on any atom is -0.395 e. The van der Waals surface area contributed by atoms with Crippen LogP contribution in [0.15, 0.2) is 0 Å². The van der Waals surface area contributed by atoms with Crippen molar-refractivity contribution in [3.8, 4) is 0 Å². The van der Waals surface area contributed by atoms with Gasteiger partial charge >= 0.3 is 0 Å². The first-order chi connectivity index (χ1) is 10.0. The van der Waals surface area contributed by atoms with Crippen LogP contribution >= 0.6 is 0 Å². The predicted octanol–water partition coefficient (Wildman–Crippen LogP) is 1.54. The number of carbonyl (C=O) groups is 1. The number of nitrogens with one attached hydrogen (secondary N) is 2. The molecule has 6 heteroatoms. The Bertz CT molecular complexity index is 528. The Balaban J connectivity index is 1.73. The second-order valence-electron chi connectivity index (χ2n) is 6.75. The molecule has 2 fully saturated rings. The van der Waals surface area contributed by atoms with Gasteiger partial charge in [-0.15, -0.1) is 0 Å². The van der Waals surface area contributed by atoms with Crippen molar-refractivity contribution in [2.45, 2.75) is 56.9 Å². The van der Waals surface area contributed by atoms with Gasteiger partial charge in [-0.1, -0.05) is 6.92 Å². The van der Waals surface area contributed by atoms with E-state index in [2.05, 4.69) is 22.4 Å². The lowest BCUT2D eigenvalue weighted by atomic mass is 9.77. The van der Waals surface area contributed by atoms with Crippen LogP contribution < -0.4 is 11.1 Å². The number of nitrogens with two attached hydrogens (primary N) is 1. The van der Waals surface area contributed by atoms with Crippen molar-refractivity contribution >= 4 is 11.6 Å². The number of aliphatic hydroxyl groups is 1. The summed E-state index contributed by atoms with van der Waals surface area (Å²) in [6, 6.07) is 0. The number of nitrogens with zero attached hydrogens (tertiary/aromatic N) is 1. The Hall–Kier alpha value is -1.56. The molecule has 0 atom stereocenters. The molecular weight excluding hydrogens is 268 g/mol. The number of carbonyl (C=O) groups excluding carboxylic acids is 1. The maximum absolute atomic E-state index is 12.5. The standard InChI is InChI=1S/C15H24N4O2/c1-9-4-6-15(8-20,7-5-9)17-14(21)13-11(16)12(18-19-13)10-2-3-10/h9-10,20H,2-8,16H2,1H3,(H,17,21)(H,18,19). The topological polar surface area (TPSA) is 104 Å². The highest BCUT2D eigenvalue weighted by Crippen LogP contribution is 2.42. The van der Waals surface area contributed by atoms with Crippen LogP contribution in [0.2, 0.25) is 0 Å². The maximum atomic E-state index is 12.5. The van der Waals surface area contributed by atoms with Gasteiger partial charge in [-0.05, 0) is 44.4 Å². The number of H-pyrrole nitrogens is 1. The molecule has 21 heavy (non-hydrogen) atoms.